The van der Waals surface area contributed by atoms with Gasteiger partial charge in [-0.3, -0.25) is 4.98 Å². The molecule has 102 valence electrons. The van der Waals surface area contributed by atoms with Crippen molar-refractivity contribution in [3.63, 3.8) is 0 Å². The molecule has 0 N–H and O–H groups in total. The number of aryl methyl sites for hydroxylation is 1. The molecule has 0 aliphatic rings. The van der Waals surface area contributed by atoms with E-state index >= 15 is 0 Å². The Bertz CT molecular complexity index is 940. The number of para-hydroxylation sites is 2. The normalized spacial score (nSPS) is 11.3. The zero-order chi connectivity index (χ0) is 14.2. The van der Waals surface area contributed by atoms with Crippen LogP contribution in [0.3, 0.4) is 0 Å². The molecule has 0 atom stereocenters. The molecule has 0 radical (unpaired) electrons. The minimum Gasteiger partial charge on any atom is -0.307 e. The van der Waals surface area contributed by atoms with Crippen LogP contribution in [0.5, 0.6) is 0 Å². The third kappa shape index (κ3) is 2.14. The number of rotatable bonds is 2. The van der Waals surface area contributed by atoms with Gasteiger partial charge in [-0.15, -0.1) is 0 Å². The first-order chi connectivity index (χ1) is 10.3. The SMILES string of the molecule is Cc1cc(Cc2cnc3ccccc3n2)cn2ccnc12. The Labute approximate surface area is 122 Å². The second kappa shape index (κ2) is 4.66. The quantitative estimate of drug-likeness (QED) is 0.564. The molecule has 0 amide bonds. The molecule has 0 aliphatic carbocycles. The topological polar surface area (TPSA) is 43.1 Å². The van der Waals surface area contributed by atoms with Crippen LogP contribution in [0.1, 0.15) is 16.8 Å². The molecule has 21 heavy (non-hydrogen) atoms. The third-order valence-corrected chi connectivity index (χ3v) is 3.61. The molecule has 4 rings (SSSR count). The molecule has 4 heteroatoms. The Hall–Kier alpha value is -2.75. The molecule has 0 aliphatic heterocycles. The summed E-state index contributed by atoms with van der Waals surface area (Å²) in [5, 5.41) is 0. The van der Waals surface area contributed by atoms with E-state index in [1.807, 2.05) is 42.9 Å². The zero-order valence-electron chi connectivity index (χ0n) is 11.7. The molecule has 4 aromatic rings. The number of pyridine rings is 1. The van der Waals surface area contributed by atoms with Gasteiger partial charge >= 0.3 is 0 Å². The van der Waals surface area contributed by atoms with Crippen molar-refractivity contribution in [1.82, 2.24) is 19.4 Å². The first kappa shape index (κ1) is 12.0. The number of hydrogen-bond acceptors (Lipinski definition) is 3. The Balaban J connectivity index is 1.75. The van der Waals surface area contributed by atoms with Crippen molar-refractivity contribution in [1.29, 1.82) is 0 Å². The van der Waals surface area contributed by atoms with Gasteiger partial charge in [-0.1, -0.05) is 18.2 Å². The van der Waals surface area contributed by atoms with Crippen LogP contribution in [0.4, 0.5) is 0 Å². The highest BCUT2D eigenvalue weighted by Crippen LogP contribution is 2.15. The summed E-state index contributed by atoms with van der Waals surface area (Å²) in [6, 6.07) is 10.1. The summed E-state index contributed by atoms with van der Waals surface area (Å²) in [6.45, 7) is 2.08. The van der Waals surface area contributed by atoms with Gasteiger partial charge < -0.3 is 4.40 Å². The van der Waals surface area contributed by atoms with E-state index < -0.39 is 0 Å². The molecule has 0 fully saturated rings. The van der Waals surface area contributed by atoms with Crippen LogP contribution >= 0.6 is 0 Å². The molecule has 0 saturated heterocycles. The fraction of sp³-hybridized carbons (Fsp3) is 0.118. The minimum absolute atomic E-state index is 0.771. The van der Waals surface area contributed by atoms with Gasteiger partial charge in [-0.05, 0) is 30.2 Å². The second-order valence-corrected chi connectivity index (χ2v) is 5.22. The van der Waals surface area contributed by atoms with Crippen molar-refractivity contribution in [3.05, 3.63) is 71.9 Å². The minimum atomic E-state index is 0.771. The van der Waals surface area contributed by atoms with E-state index in [9.17, 15) is 0 Å². The van der Waals surface area contributed by atoms with E-state index in [1.54, 1.807) is 0 Å². The van der Waals surface area contributed by atoms with E-state index in [4.69, 9.17) is 0 Å². The van der Waals surface area contributed by atoms with Crippen LogP contribution < -0.4 is 0 Å². The number of nitrogens with zero attached hydrogens (tertiary/aromatic N) is 4. The van der Waals surface area contributed by atoms with Crippen molar-refractivity contribution in [2.24, 2.45) is 0 Å². The van der Waals surface area contributed by atoms with Crippen LogP contribution in [-0.4, -0.2) is 19.4 Å². The standard InChI is InChI=1S/C17H14N4/c1-12-8-13(11-21-7-6-18-17(12)21)9-14-10-19-15-4-2-3-5-16(15)20-14/h2-8,10-11H,9H2,1H3. The van der Waals surface area contributed by atoms with Crippen molar-refractivity contribution < 1.29 is 0 Å². The highest BCUT2D eigenvalue weighted by molar-refractivity contribution is 5.73. The Morgan fingerprint density at radius 2 is 1.95 bits per heavy atom. The summed E-state index contributed by atoms with van der Waals surface area (Å²) >= 11 is 0. The van der Waals surface area contributed by atoms with Gasteiger partial charge in [0, 0.05) is 31.2 Å². The number of fused-ring (bicyclic) bond motifs is 2. The molecule has 0 bridgehead atoms. The average molecular weight is 274 g/mol. The predicted octanol–water partition coefficient (Wildman–Crippen LogP) is 3.18. The Morgan fingerprint density at radius 3 is 2.86 bits per heavy atom. The molecule has 0 unspecified atom stereocenters. The second-order valence-electron chi connectivity index (χ2n) is 5.22. The molecular formula is C17H14N4. The maximum Gasteiger partial charge on any atom is 0.139 e. The van der Waals surface area contributed by atoms with Crippen LogP contribution in [-0.2, 0) is 6.42 Å². The van der Waals surface area contributed by atoms with Gasteiger partial charge in [0.2, 0.25) is 0 Å². The molecule has 0 spiro atoms. The Kier molecular flexibility index (Phi) is 2.67. The first-order valence-corrected chi connectivity index (χ1v) is 6.92. The number of imidazole rings is 1. The van der Waals surface area contributed by atoms with Crippen molar-refractivity contribution in [2.75, 3.05) is 0 Å². The van der Waals surface area contributed by atoms with Crippen LogP contribution in [0.15, 0.2) is 55.1 Å². The monoisotopic (exact) mass is 274 g/mol. The van der Waals surface area contributed by atoms with Crippen LogP contribution in [0, 0.1) is 6.92 Å². The summed E-state index contributed by atoms with van der Waals surface area (Å²) < 4.78 is 2.05. The fourth-order valence-electron chi connectivity index (χ4n) is 2.67. The molecular weight excluding hydrogens is 260 g/mol. The number of benzene rings is 1. The average Bonchev–Trinajstić information content (AvgIpc) is 2.96. The highest BCUT2D eigenvalue weighted by atomic mass is 15.0. The van der Waals surface area contributed by atoms with Crippen molar-refractivity contribution in [3.8, 4) is 0 Å². The van der Waals surface area contributed by atoms with Gasteiger partial charge in [0.1, 0.15) is 5.65 Å². The van der Waals surface area contributed by atoms with Gasteiger partial charge in [0.15, 0.2) is 0 Å². The third-order valence-electron chi connectivity index (χ3n) is 3.61. The summed E-state index contributed by atoms with van der Waals surface area (Å²) in [7, 11) is 0. The highest BCUT2D eigenvalue weighted by Gasteiger charge is 2.05. The molecule has 0 saturated carbocycles. The number of hydrogen-bond donors (Lipinski definition) is 0. The van der Waals surface area contributed by atoms with E-state index in [2.05, 4.69) is 38.5 Å². The lowest BCUT2D eigenvalue weighted by atomic mass is 10.1. The van der Waals surface area contributed by atoms with Crippen molar-refractivity contribution in [2.45, 2.75) is 13.3 Å². The Morgan fingerprint density at radius 1 is 1.10 bits per heavy atom. The van der Waals surface area contributed by atoms with Gasteiger partial charge in [-0.25, -0.2) is 9.97 Å². The summed E-state index contributed by atoms with van der Waals surface area (Å²) in [5.41, 5.74) is 6.24. The van der Waals surface area contributed by atoms with E-state index in [0.717, 1.165) is 28.8 Å². The van der Waals surface area contributed by atoms with E-state index in [-0.39, 0.29) is 0 Å². The fourth-order valence-corrected chi connectivity index (χ4v) is 2.67. The molecule has 3 aromatic heterocycles. The van der Waals surface area contributed by atoms with E-state index in [1.165, 1.54) is 11.1 Å². The summed E-state index contributed by atoms with van der Waals surface area (Å²) in [4.78, 5) is 13.5. The van der Waals surface area contributed by atoms with Crippen LogP contribution in [0.25, 0.3) is 16.7 Å². The lowest BCUT2D eigenvalue weighted by molar-refractivity contribution is 1.03. The van der Waals surface area contributed by atoms with Gasteiger partial charge in [0.25, 0.3) is 0 Å². The molecule has 3 heterocycles. The van der Waals surface area contributed by atoms with Gasteiger partial charge in [0.05, 0.1) is 16.7 Å². The van der Waals surface area contributed by atoms with Gasteiger partial charge in [-0.2, -0.15) is 0 Å². The molecule has 4 nitrogen and oxygen atoms in total. The lowest BCUT2D eigenvalue weighted by Crippen LogP contribution is -1.98. The first-order valence-electron chi connectivity index (χ1n) is 6.92. The van der Waals surface area contributed by atoms with Crippen LogP contribution in [0.2, 0.25) is 0 Å². The van der Waals surface area contributed by atoms with E-state index in [0.29, 0.717) is 0 Å². The summed E-state index contributed by atoms with van der Waals surface area (Å²) in [6.07, 6.45) is 8.52. The maximum absolute atomic E-state index is 4.68. The number of aromatic nitrogens is 4. The largest absolute Gasteiger partial charge is 0.307 e. The lowest BCUT2D eigenvalue weighted by Gasteiger charge is -2.06. The van der Waals surface area contributed by atoms with Crippen molar-refractivity contribution >= 4 is 16.7 Å². The predicted molar refractivity (Wildman–Crippen MR) is 82.3 cm³/mol. The zero-order valence-corrected chi connectivity index (χ0v) is 11.7. The summed E-state index contributed by atoms with van der Waals surface area (Å²) in [5.74, 6) is 0. The molecule has 1 aromatic carbocycles. The smallest absolute Gasteiger partial charge is 0.139 e. The maximum atomic E-state index is 4.68.